The molecule has 0 aromatic heterocycles. The van der Waals surface area contributed by atoms with Gasteiger partial charge in [0.2, 0.25) is 5.91 Å². The van der Waals surface area contributed by atoms with Gasteiger partial charge in [-0.25, -0.2) is 0 Å². The fraction of sp³-hybridized carbons (Fsp3) is 0.345. The Morgan fingerprint density at radius 2 is 1.79 bits per heavy atom. The zero-order valence-corrected chi connectivity index (χ0v) is 22.0. The number of halogens is 1. The summed E-state index contributed by atoms with van der Waals surface area (Å²) in [5.41, 5.74) is 5.46. The smallest absolute Gasteiger partial charge is 0.234 e. The van der Waals surface area contributed by atoms with Crippen molar-refractivity contribution < 1.29 is 9.53 Å². The van der Waals surface area contributed by atoms with Crippen LogP contribution in [0.1, 0.15) is 49.3 Å². The normalized spacial score (nSPS) is 15.1. The molecule has 0 saturated heterocycles. The van der Waals surface area contributed by atoms with E-state index in [1.165, 1.54) is 5.56 Å². The summed E-state index contributed by atoms with van der Waals surface area (Å²) in [6, 6.07) is 22.7. The van der Waals surface area contributed by atoms with E-state index in [1.54, 1.807) is 0 Å². The van der Waals surface area contributed by atoms with Crippen molar-refractivity contribution in [2.24, 2.45) is 0 Å². The summed E-state index contributed by atoms with van der Waals surface area (Å²) < 4.78 is 7.07. The van der Waals surface area contributed by atoms with Crippen molar-refractivity contribution in [3.05, 3.63) is 87.9 Å². The van der Waals surface area contributed by atoms with E-state index in [0.29, 0.717) is 6.54 Å². The molecule has 1 unspecified atom stereocenters. The molecule has 4 nitrogen and oxygen atoms in total. The van der Waals surface area contributed by atoms with Crippen LogP contribution in [0.25, 0.3) is 0 Å². The second kappa shape index (κ2) is 10.6. The van der Waals surface area contributed by atoms with Crippen LogP contribution in [0.5, 0.6) is 5.75 Å². The van der Waals surface area contributed by atoms with Crippen LogP contribution in [-0.4, -0.2) is 26.1 Å². The fourth-order valence-corrected chi connectivity index (χ4v) is 4.97. The van der Waals surface area contributed by atoms with Crippen molar-refractivity contribution in [1.29, 1.82) is 0 Å². The summed E-state index contributed by atoms with van der Waals surface area (Å²) in [4.78, 5) is 18.2. The number of rotatable bonds is 7. The van der Waals surface area contributed by atoms with Crippen LogP contribution in [0.4, 0.5) is 11.4 Å². The molecule has 0 bridgehead atoms. The van der Waals surface area contributed by atoms with E-state index in [1.807, 2.05) is 57.1 Å². The second-order valence-corrected chi connectivity index (χ2v) is 10.3. The highest BCUT2D eigenvalue weighted by molar-refractivity contribution is 9.10. The largest absolute Gasteiger partial charge is 0.489 e. The van der Waals surface area contributed by atoms with Crippen LogP contribution in [0, 0.1) is 0 Å². The zero-order chi connectivity index (χ0) is 24.2. The third-order valence-electron chi connectivity index (χ3n) is 6.30. The lowest BCUT2D eigenvalue weighted by atomic mass is 9.82. The minimum Gasteiger partial charge on any atom is -0.489 e. The first-order valence-electron chi connectivity index (χ1n) is 11.9. The van der Waals surface area contributed by atoms with Gasteiger partial charge < -0.3 is 14.5 Å². The molecule has 3 aromatic carbocycles. The average molecular weight is 521 g/mol. The molecule has 1 aliphatic carbocycles. The number of amides is 1. The van der Waals surface area contributed by atoms with Crippen LogP contribution in [-0.2, 0) is 17.8 Å². The summed E-state index contributed by atoms with van der Waals surface area (Å²) in [6.07, 6.45) is 2.92. The SMILES string of the molecule is CC(C)Oc1ccc(Br)cc1N(Cc1ccc(N(C)C)cc1)C(=O)C1CCCc2ccccc21. The Hall–Kier alpha value is -2.79. The van der Waals surface area contributed by atoms with Gasteiger partial charge in [-0.05, 0) is 80.1 Å². The average Bonchev–Trinajstić information content (AvgIpc) is 2.83. The van der Waals surface area contributed by atoms with Gasteiger partial charge in [-0.15, -0.1) is 0 Å². The van der Waals surface area contributed by atoms with Crippen LogP contribution in [0.3, 0.4) is 0 Å². The van der Waals surface area contributed by atoms with Gasteiger partial charge in [0.15, 0.2) is 0 Å². The summed E-state index contributed by atoms with van der Waals surface area (Å²) in [6.45, 7) is 4.50. The van der Waals surface area contributed by atoms with Gasteiger partial charge in [-0.2, -0.15) is 0 Å². The molecule has 1 aliphatic rings. The van der Waals surface area contributed by atoms with Gasteiger partial charge >= 0.3 is 0 Å². The molecule has 0 spiro atoms. The predicted molar refractivity (Wildman–Crippen MR) is 144 cm³/mol. The molecule has 178 valence electrons. The number of nitrogens with zero attached hydrogens (tertiary/aromatic N) is 2. The van der Waals surface area contributed by atoms with Gasteiger partial charge in [0.05, 0.1) is 24.3 Å². The lowest BCUT2D eigenvalue weighted by molar-refractivity contribution is -0.120. The Balaban J connectivity index is 1.76. The van der Waals surface area contributed by atoms with Crippen LogP contribution < -0.4 is 14.5 Å². The highest BCUT2D eigenvalue weighted by Gasteiger charge is 2.32. The molecule has 3 aromatic rings. The molecule has 1 atom stereocenters. The molecule has 0 fully saturated rings. The van der Waals surface area contributed by atoms with Gasteiger partial charge in [0.1, 0.15) is 5.75 Å². The van der Waals surface area contributed by atoms with Crippen LogP contribution >= 0.6 is 15.9 Å². The van der Waals surface area contributed by atoms with E-state index >= 15 is 0 Å². The van der Waals surface area contributed by atoms with Gasteiger partial charge in [0, 0.05) is 24.3 Å². The minimum atomic E-state index is -0.156. The Labute approximate surface area is 211 Å². The number of fused-ring (bicyclic) bond motifs is 1. The predicted octanol–water partition coefficient (Wildman–Crippen LogP) is 6.96. The summed E-state index contributed by atoms with van der Waals surface area (Å²) in [5, 5.41) is 0. The number of hydrogen-bond acceptors (Lipinski definition) is 3. The lowest BCUT2D eigenvalue weighted by Crippen LogP contribution is -2.36. The first-order chi connectivity index (χ1) is 16.3. The quantitative estimate of drug-likeness (QED) is 0.337. The Morgan fingerprint density at radius 1 is 1.06 bits per heavy atom. The minimum absolute atomic E-state index is 0.00617. The Bertz CT molecular complexity index is 1140. The van der Waals surface area contributed by atoms with E-state index in [0.717, 1.165) is 52.0 Å². The molecule has 0 radical (unpaired) electrons. The first-order valence-corrected chi connectivity index (χ1v) is 12.7. The molecule has 0 N–H and O–H groups in total. The van der Waals surface area contributed by atoms with Crippen LogP contribution in [0.15, 0.2) is 71.2 Å². The fourth-order valence-electron chi connectivity index (χ4n) is 4.62. The summed E-state index contributed by atoms with van der Waals surface area (Å²) >= 11 is 3.61. The van der Waals surface area contributed by atoms with Crippen molar-refractivity contribution in [1.82, 2.24) is 0 Å². The zero-order valence-electron chi connectivity index (χ0n) is 20.4. The molecule has 0 aliphatic heterocycles. The van der Waals surface area contributed by atoms with Crippen molar-refractivity contribution >= 4 is 33.2 Å². The topological polar surface area (TPSA) is 32.8 Å². The highest BCUT2D eigenvalue weighted by Crippen LogP contribution is 2.39. The van der Waals surface area contributed by atoms with Crippen molar-refractivity contribution in [2.75, 3.05) is 23.9 Å². The maximum Gasteiger partial charge on any atom is 0.234 e. The maximum atomic E-state index is 14.2. The third-order valence-corrected chi connectivity index (χ3v) is 6.79. The lowest BCUT2D eigenvalue weighted by Gasteiger charge is -2.32. The first kappa shape index (κ1) is 24.3. The molecule has 5 heteroatoms. The number of aryl methyl sites for hydroxylation is 1. The molecular weight excluding hydrogens is 488 g/mol. The number of ether oxygens (including phenoxy) is 1. The van der Waals surface area contributed by atoms with Crippen molar-refractivity contribution in [2.45, 2.75) is 51.7 Å². The molecule has 0 saturated carbocycles. The second-order valence-electron chi connectivity index (χ2n) is 9.41. The number of carbonyl (C=O) groups excluding carboxylic acids is 1. The van der Waals surface area contributed by atoms with Crippen molar-refractivity contribution in [3.63, 3.8) is 0 Å². The van der Waals surface area contributed by atoms with Gasteiger partial charge in [-0.1, -0.05) is 52.3 Å². The summed E-state index contributed by atoms with van der Waals surface area (Å²) in [7, 11) is 4.06. The molecule has 4 rings (SSSR count). The third kappa shape index (κ3) is 5.47. The van der Waals surface area contributed by atoms with E-state index in [-0.39, 0.29) is 17.9 Å². The standard InChI is InChI=1S/C29H33BrN2O2/c1-20(2)34-28-17-14-23(30)18-27(28)32(19-21-12-15-24(16-13-21)31(3)4)29(33)26-11-7-9-22-8-5-6-10-25(22)26/h5-6,8,10,12-18,20,26H,7,9,11,19H2,1-4H3. The van der Waals surface area contributed by atoms with E-state index < -0.39 is 0 Å². The van der Waals surface area contributed by atoms with E-state index in [2.05, 4.69) is 63.3 Å². The Kier molecular flexibility index (Phi) is 7.62. The van der Waals surface area contributed by atoms with E-state index in [9.17, 15) is 4.79 Å². The monoisotopic (exact) mass is 520 g/mol. The molecule has 1 amide bonds. The van der Waals surface area contributed by atoms with E-state index in [4.69, 9.17) is 4.74 Å². The molecular formula is C29H33BrN2O2. The van der Waals surface area contributed by atoms with Crippen LogP contribution in [0.2, 0.25) is 0 Å². The summed E-state index contributed by atoms with van der Waals surface area (Å²) in [5.74, 6) is 0.688. The van der Waals surface area contributed by atoms with Gasteiger partial charge in [-0.3, -0.25) is 4.79 Å². The molecule has 0 heterocycles. The highest BCUT2D eigenvalue weighted by atomic mass is 79.9. The number of anilines is 2. The van der Waals surface area contributed by atoms with Gasteiger partial charge in [0.25, 0.3) is 0 Å². The Morgan fingerprint density at radius 3 is 2.50 bits per heavy atom. The number of hydrogen-bond donors (Lipinski definition) is 0. The number of carbonyl (C=O) groups is 1. The maximum absolute atomic E-state index is 14.2. The van der Waals surface area contributed by atoms with Crippen molar-refractivity contribution in [3.8, 4) is 5.75 Å². The molecule has 34 heavy (non-hydrogen) atoms. The number of benzene rings is 3.